The molecule has 2 unspecified atom stereocenters. The normalized spacial score (nSPS) is 24.7. The lowest BCUT2D eigenvalue weighted by molar-refractivity contribution is -0.128. The van der Waals surface area contributed by atoms with Gasteiger partial charge in [-0.2, -0.15) is 11.8 Å². The van der Waals surface area contributed by atoms with Crippen molar-refractivity contribution in [2.24, 2.45) is 0 Å². The number of amides is 1. The molecule has 0 spiro atoms. The summed E-state index contributed by atoms with van der Waals surface area (Å²) in [7, 11) is 3.63. The summed E-state index contributed by atoms with van der Waals surface area (Å²) in [5, 5.41) is 4.30. The van der Waals surface area contributed by atoms with E-state index in [1.54, 1.807) is 4.90 Å². The highest BCUT2D eigenvalue weighted by Gasteiger charge is 2.26. The zero-order valence-electron chi connectivity index (χ0n) is 10.7. The highest BCUT2D eigenvalue weighted by molar-refractivity contribution is 7.99. The van der Waals surface area contributed by atoms with Crippen molar-refractivity contribution in [3.8, 4) is 0 Å². The summed E-state index contributed by atoms with van der Waals surface area (Å²) in [6, 6.07) is 0.625. The molecule has 1 fully saturated rings. The van der Waals surface area contributed by atoms with Crippen LogP contribution in [0, 0.1) is 0 Å². The molecule has 16 heavy (non-hydrogen) atoms. The van der Waals surface area contributed by atoms with Crippen molar-refractivity contribution in [3.63, 3.8) is 0 Å². The van der Waals surface area contributed by atoms with Crippen LogP contribution in [0.5, 0.6) is 0 Å². The first kappa shape index (κ1) is 13.8. The van der Waals surface area contributed by atoms with Crippen LogP contribution in [0.4, 0.5) is 0 Å². The molecule has 1 aliphatic carbocycles. The molecule has 1 aliphatic rings. The van der Waals surface area contributed by atoms with Crippen molar-refractivity contribution < 1.29 is 4.79 Å². The van der Waals surface area contributed by atoms with E-state index >= 15 is 0 Å². The van der Waals surface area contributed by atoms with Crippen LogP contribution in [-0.2, 0) is 4.79 Å². The lowest BCUT2D eigenvalue weighted by Crippen LogP contribution is -2.36. The van der Waals surface area contributed by atoms with Gasteiger partial charge in [-0.15, -0.1) is 0 Å². The maximum absolute atomic E-state index is 11.4. The average Bonchev–Trinajstić information content (AvgIpc) is 2.66. The second-order valence-electron chi connectivity index (χ2n) is 4.52. The Kier molecular flexibility index (Phi) is 6.21. The van der Waals surface area contributed by atoms with Crippen LogP contribution in [0.3, 0.4) is 0 Å². The topological polar surface area (TPSA) is 32.3 Å². The van der Waals surface area contributed by atoms with Gasteiger partial charge in [-0.25, -0.2) is 0 Å². The fourth-order valence-electron chi connectivity index (χ4n) is 2.16. The molecular weight excluding hydrogens is 220 g/mol. The Morgan fingerprint density at radius 1 is 1.44 bits per heavy atom. The van der Waals surface area contributed by atoms with E-state index < -0.39 is 0 Å². The van der Waals surface area contributed by atoms with Crippen LogP contribution < -0.4 is 5.32 Å². The second kappa shape index (κ2) is 7.17. The molecule has 94 valence electrons. The summed E-state index contributed by atoms with van der Waals surface area (Å²) in [4.78, 5) is 13.1. The van der Waals surface area contributed by atoms with Gasteiger partial charge in [-0.3, -0.25) is 4.79 Å². The lowest BCUT2D eigenvalue weighted by atomic mass is 10.2. The van der Waals surface area contributed by atoms with Crippen molar-refractivity contribution in [2.45, 2.75) is 43.9 Å². The molecule has 2 atom stereocenters. The fraction of sp³-hybridized carbons (Fsp3) is 0.917. The predicted molar refractivity (Wildman–Crippen MR) is 70.9 cm³/mol. The Balaban J connectivity index is 2.19. The van der Waals surface area contributed by atoms with Crippen molar-refractivity contribution >= 4 is 17.7 Å². The molecule has 0 bridgehead atoms. The van der Waals surface area contributed by atoms with Crippen LogP contribution in [0.25, 0.3) is 0 Å². The number of carbonyl (C=O) groups excluding carboxylic acids is 1. The van der Waals surface area contributed by atoms with Crippen LogP contribution in [0.1, 0.15) is 32.6 Å². The summed E-state index contributed by atoms with van der Waals surface area (Å²) in [6.07, 6.45) is 4.55. The molecule has 0 radical (unpaired) electrons. The summed E-state index contributed by atoms with van der Waals surface area (Å²) in [5.74, 6) is 1.41. The molecular formula is C12H24N2OS. The quantitative estimate of drug-likeness (QED) is 0.772. The second-order valence-corrected chi connectivity index (χ2v) is 6.04. The predicted octanol–water partition coefficient (Wildman–Crippen LogP) is 1.73. The standard InChI is InChI=1S/C12H24N2OS/c1-4-16-11-7-5-6-10(11)13-9-8-12(15)14(2)3/h10-11,13H,4-9H2,1-3H3. The van der Waals surface area contributed by atoms with E-state index in [4.69, 9.17) is 0 Å². The zero-order chi connectivity index (χ0) is 12.0. The summed E-state index contributed by atoms with van der Waals surface area (Å²) < 4.78 is 0. The van der Waals surface area contributed by atoms with Gasteiger partial charge in [0.25, 0.3) is 0 Å². The molecule has 4 heteroatoms. The maximum Gasteiger partial charge on any atom is 0.223 e. The van der Waals surface area contributed by atoms with Crippen LogP contribution in [0.15, 0.2) is 0 Å². The number of nitrogens with zero attached hydrogens (tertiary/aromatic N) is 1. The molecule has 0 aromatic heterocycles. The van der Waals surface area contributed by atoms with E-state index in [1.807, 2.05) is 14.1 Å². The SMILES string of the molecule is CCSC1CCCC1NCCC(=O)N(C)C. The number of nitrogens with one attached hydrogen (secondary N) is 1. The number of hydrogen-bond acceptors (Lipinski definition) is 3. The molecule has 3 nitrogen and oxygen atoms in total. The first-order valence-electron chi connectivity index (χ1n) is 6.20. The van der Waals surface area contributed by atoms with Gasteiger partial charge in [0.1, 0.15) is 0 Å². The highest BCUT2D eigenvalue weighted by atomic mass is 32.2. The van der Waals surface area contributed by atoms with Crippen molar-refractivity contribution in [3.05, 3.63) is 0 Å². The maximum atomic E-state index is 11.4. The summed E-state index contributed by atoms with van der Waals surface area (Å²) >= 11 is 2.05. The van der Waals surface area contributed by atoms with Gasteiger partial charge in [0.05, 0.1) is 0 Å². The van der Waals surface area contributed by atoms with Crippen molar-refractivity contribution in [1.29, 1.82) is 0 Å². The van der Waals surface area contributed by atoms with Gasteiger partial charge in [0.2, 0.25) is 5.91 Å². The van der Waals surface area contributed by atoms with E-state index in [9.17, 15) is 4.79 Å². The van der Waals surface area contributed by atoms with E-state index in [0.29, 0.717) is 12.5 Å². The Morgan fingerprint density at radius 2 is 2.19 bits per heavy atom. The molecule has 0 aliphatic heterocycles. The Hall–Kier alpha value is -0.220. The van der Waals surface area contributed by atoms with Crippen LogP contribution in [0.2, 0.25) is 0 Å². The zero-order valence-corrected chi connectivity index (χ0v) is 11.5. The van der Waals surface area contributed by atoms with Crippen LogP contribution in [-0.4, -0.2) is 48.5 Å². The van der Waals surface area contributed by atoms with E-state index in [2.05, 4.69) is 24.0 Å². The summed E-state index contributed by atoms with van der Waals surface area (Å²) in [6.45, 7) is 3.04. The third-order valence-corrected chi connectivity index (χ3v) is 4.40. The van der Waals surface area contributed by atoms with Gasteiger partial charge < -0.3 is 10.2 Å². The number of rotatable bonds is 6. The Bertz CT molecular complexity index is 221. The number of thioether (sulfide) groups is 1. The van der Waals surface area contributed by atoms with Crippen molar-refractivity contribution in [1.82, 2.24) is 10.2 Å². The molecule has 1 amide bonds. The van der Waals surface area contributed by atoms with Gasteiger partial charge >= 0.3 is 0 Å². The minimum Gasteiger partial charge on any atom is -0.349 e. The minimum absolute atomic E-state index is 0.213. The molecule has 1 saturated carbocycles. The van der Waals surface area contributed by atoms with Gasteiger partial charge in [-0.05, 0) is 18.6 Å². The largest absolute Gasteiger partial charge is 0.349 e. The van der Waals surface area contributed by atoms with Crippen molar-refractivity contribution in [2.75, 3.05) is 26.4 Å². The van der Waals surface area contributed by atoms with Gasteiger partial charge in [0, 0.05) is 38.4 Å². The number of hydrogen-bond donors (Lipinski definition) is 1. The van der Waals surface area contributed by atoms with Gasteiger partial charge in [0.15, 0.2) is 0 Å². The van der Waals surface area contributed by atoms with E-state index in [-0.39, 0.29) is 5.91 Å². The minimum atomic E-state index is 0.213. The molecule has 0 aromatic carbocycles. The number of carbonyl (C=O) groups is 1. The Morgan fingerprint density at radius 3 is 2.81 bits per heavy atom. The van der Waals surface area contributed by atoms with E-state index in [1.165, 1.54) is 25.0 Å². The Labute approximate surface area is 103 Å². The molecule has 0 saturated heterocycles. The smallest absolute Gasteiger partial charge is 0.223 e. The molecule has 0 heterocycles. The highest BCUT2D eigenvalue weighted by Crippen LogP contribution is 2.29. The monoisotopic (exact) mass is 244 g/mol. The molecule has 1 rings (SSSR count). The third kappa shape index (κ3) is 4.34. The molecule has 1 N–H and O–H groups in total. The third-order valence-electron chi connectivity index (χ3n) is 3.08. The average molecular weight is 244 g/mol. The fourth-order valence-corrected chi connectivity index (χ4v) is 3.39. The first-order valence-corrected chi connectivity index (χ1v) is 7.25. The van der Waals surface area contributed by atoms with Gasteiger partial charge in [-0.1, -0.05) is 13.3 Å². The van der Waals surface area contributed by atoms with Crippen LogP contribution >= 0.6 is 11.8 Å². The first-order chi connectivity index (χ1) is 7.65. The molecule has 0 aromatic rings. The van der Waals surface area contributed by atoms with E-state index in [0.717, 1.165) is 11.8 Å². The summed E-state index contributed by atoms with van der Waals surface area (Å²) in [5.41, 5.74) is 0. The lowest BCUT2D eigenvalue weighted by Gasteiger charge is -2.20.